The Bertz CT molecular complexity index is 373. The van der Waals surface area contributed by atoms with Crippen molar-refractivity contribution in [2.24, 2.45) is 0 Å². The largest absolute Gasteiger partial charge is 0.493 e. The fourth-order valence-corrected chi connectivity index (χ4v) is 1.89. The number of hydrogen-bond donors (Lipinski definition) is 1. The molecule has 0 saturated heterocycles. The smallest absolute Gasteiger partial charge is 0.336 e. The minimum Gasteiger partial charge on any atom is -0.493 e. The average Bonchev–Trinajstić information content (AvgIpc) is 2.49. The molecule has 0 aromatic heterocycles. The Labute approximate surface area is 83.5 Å². The van der Waals surface area contributed by atoms with Gasteiger partial charge in [0.15, 0.2) is 0 Å². The highest BCUT2D eigenvalue weighted by Gasteiger charge is 2.20. The molecule has 0 bridgehead atoms. The second-order valence-electron chi connectivity index (χ2n) is 2.83. The molecule has 1 aliphatic rings. The Balaban J connectivity index is 2.62. The first kappa shape index (κ1) is 8.56. The van der Waals surface area contributed by atoms with Crippen LogP contribution in [0.2, 0.25) is 0 Å². The Morgan fingerprint density at radius 2 is 2.31 bits per heavy atom. The molecule has 0 unspecified atom stereocenters. The third kappa shape index (κ3) is 1.42. The highest BCUT2D eigenvalue weighted by Crippen LogP contribution is 2.32. The van der Waals surface area contributed by atoms with Crippen LogP contribution in [0.5, 0.6) is 5.75 Å². The Kier molecular flexibility index (Phi) is 2.00. The summed E-state index contributed by atoms with van der Waals surface area (Å²) in [6.45, 7) is 0.575. The van der Waals surface area contributed by atoms with Gasteiger partial charge in [0, 0.05) is 16.5 Å². The lowest BCUT2D eigenvalue weighted by molar-refractivity contribution is 0.0696. The summed E-state index contributed by atoms with van der Waals surface area (Å²) in [5.74, 6) is -0.213. The fourth-order valence-electron chi connectivity index (χ4n) is 1.45. The molecule has 0 atom stereocenters. The van der Waals surface area contributed by atoms with Crippen molar-refractivity contribution in [2.75, 3.05) is 6.61 Å². The van der Waals surface area contributed by atoms with Crippen molar-refractivity contribution < 1.29 is 14.6 Å². The van der Waals surface area contributed by atoms with Gasteiger partial charge in [-0.3, -0.25) is 0 Å². The number of hydrogen-bond acceptors (Lipinski definition) is 2. The second kappa shape index (κ2) is 3.03. The van der Waals surface area contributed by atoms with Gasteiger partial charge in [-0.15, -0.1) is 0 Å². The van der Waals surface area contributed by atoms with Crippen molar-refractivity contribution in [3.63, 3.8) is 0 Å². The van der Waals surface area contributed by atoms with Crippen LogP contribution >= 0.6 is 15.9 Å². The summed E-state index contributed by atoms with van der Waals surface area (Å²) in [7, 11) is 0. The van der Waals surface area contributed by atoms with Gasteiger partial charge in [-0.25, -0.2) is 4.79 Å². The Morgan fingerprint density at radius 1 is 1.54 bits per heavy atom. The summed E-state index contributed by atoms with van der Waals surface area (Å²) in [6.07, 6.45) is 0.685. The molecule has 0 aliphatic carbocycles. The minimum atomic E-state index is -0.900. The van der Waals surface area contributed by atoms with Gasteiger partial charge in [-0.2, -0.15) is 0 Å². The molecule has 2 rings (SSSR count). The monoisotopic (exact) mass is 242 g/mol. The van der Waals surface area contributed by atoms with Crippen LogP contribution in [0, 0.1) is 0 Å². The van der Waals surface area contributed by atoms with Gasteiger partial charge < -0.3 is 9.84 Å². The van der Waals surface area contributed by atoms with Crippen LogP contribution in [-0.2, 0) is 6.42 Å². The third-order valence-corrected chi connectivity index (χ3v) is 2.47. The number of carboxylic acids is 1. The van der Waals surface area contributed by atoms with Crippen molar-refractivity contribution in [3.8, 4) is 5.75 Å². The van der Waals surface area contributed by atoms with Gasteiger partial charge in [0.2, 0.25) is 0 Å². The van der Waals surface area contributed by atoms with Crippen molar-refractivity contribution in [2.45, 2.75) is 6.42 Å². The molecule has 13 heavy (non-hydrogen) atoms. The first-order chi connectivity index (χ1) is 6.18. The molecule has 0 fully saturated rings. The van der Waals surface area contributed by atoms with Crippen molar-refractivity contribution in [1.82, 2.24) is 0 Å². The van der Waals surface area contributed by atoms with Crippen LogP contribution in [0.4, 0.5) is 0 Å². The van der Waals surface area contributed by atoms with Crippen LogP contribution in [0.15, 0.2) is 16.6 Å². The van der Waals surface area contributed by atoms with Crippen LogP contribution in [0.1, 0.15) is 15.9 Å². The maximum atomic E-state index is 10.8. The van der Waals surface area contributed by atoms with Gasteiger partial charge >= 0.3 is 5.97 Å². The van der Waals surface area contributed by atoms with Crippen molar-refractivity contribution in [1.29, 1.82) is 0 Å². The molecular formula is C9H7BrO3. The Morgan fingerprint density at radius 3 is 3.00 bits per heavy atom. The summed E-state index contributed by atoms with van der Waals surface area (Å²) in [5, 5.41) is 8.90. The topological polar surface area (TPSA) is 46.5 Å². The number of aromatic carboxylic acids is 1. The van der Waals surface area contributed by atoms with E-state index in [1.807, 2.05) is 0 Å². The van der Waals surface area contributed by atoms with Gasteiger partial charge in [-0.05, 0) is 12.1 Å². The highest BCUT2D eigenvalue weighted by molar-refractivity contribution is 9.10. The van der Waals surface area contributed by atoms with Gasteiger partial charge in [0.1, 0.15) is 5.75 Å². The number of carboxylic acid groups (broad SMARTS) is 1. The molecule has 0 radical (unpaired) electrons. The molecule has 0 saturated carbocycles. The SMILES string of the molecule is O=C(O)c1cc(Br)cc2c1CCO2. The van der Waals surface area contributed by atoms with E-state index in [1.165, 1.54) is 0 Å². The quantitative estimate of drug-likeness (QED) is 0.821. The summed E-state index contributed by atoms with van der Waals surface area (Å²) in [6, 6.07) is 3.41. The maximum Gasteiger partial charge on any atom is 0.336 e. The number of carbonyl (C=O) groups is 1. The van der Waals surface area contributed by atoms with Gasteiger partial charge in [0.05, 0.1) is 12.2 Å². The summed E-state index contributed by atoms with van der Waals surface area (Å²) >= 11 is 3.24. The number of benzene rings is 1. The van der Waals surface area contributed by atoms with E-state index in [1.54, 1.807) is 12.1 Å². The lowest BCUT2D eigenvalue weighted by Gasteiger charge is -2.03. The van der Waals surface area contributed by atoms with Gasteiger partial charge in [-0.1, -0.05) is 15.9 Å². The van der Waals surface area contributed by atoms with Crippen LogP contribution in [0.25, 0.3) is 0 Å². The maximum absolute atomic E-state index is 10.8. The van der Waals surface area contributed by atoms with E-state index >= 15 is 0 Å². The molecule has 1 N–H and O–H groups in total. The van der Waals surface area contributed by atoms with Crippen LogP contribution in [-0.4, -0.2) is 17.7 Å². The van der Waals surface area contributed by atoms with E-state index in [9.17, 15) is 4.79 Å². The van der Waals surface area contributed by atoms with E-state index in [2.05, 4.69) is 15.9 Å². The molecule has 1 heterocycles. The van der Waals surface area contributed by atoms with Crippen molar-refractivity contribution >= 4 is 21.9 Å². The van der Waals surface area contributed by atoms with Crippen LogP contribution in [0.3, 0.4) is 0 Å². The average molecular weight is 243 g/mol. The van der Waals surface area contributed by atoms with E-state index in [4.69, 9.17) is 9.84 Å². The molecule has 0 amide bonds. The first-order valence-electron chi connectivity index (χ1n) is 3.87. The molecule has 68 valence electrons. The number of rotatable bonds is 1. The molecule has 4 heteroatoms. The summed E-state index contributed by atoms with van der Waals surface area (Å²) in [5.41, 5.74) is 1.14. The standard InChI is InChI=1S/C9H7BrO3/c10-5-3-7(9(11)12)6-1-2-13-8(6)4-5/h3-4H,1-2H2,(H,11,12). The second-order valence-corrected chi connectivity index (χ2v) is 3.75. The molecule has 1 aromatic carbocycles. The normalized spacial score (nSPS) is 13.6. The first-order valence-corrected chi connectivity index (χ1v) is 4.66. The van der Waals surface area contributed by atoms with E-state index in [0.717, 1.165) is 10.0 Å². The van der Waals surface area contributed by atoms with E-state index in [0.29, 0.717) is 24.3 Å². The Hall–Kier alpha value is -1.03. The predicted octanol–water partition coefficient (Wildman–Crippen LogP) is 2.08. The molecular weight excluding hydrogens is 236 g/mol. The van der Waals surface area contributed by atoms with Crippen LogP contribution < -0.4 is 4.74 Å². The lowest BCUT2D eigenvalue weighted by Crippen LogP contribution is -2.00. The third-order valence-electron chi connectivity index (χ3n) is 2.01. The zero-order valence-corrected chi connectivity index (χ0v) is 8.30. The van der Waals surface area contributed by atoms with Crippen molar-refractivity contribution in [3.05, 3.63) is 27.7 Å². The number of ether oxygens (including phenoxy) is 1. The number of fused-ring (bicyclic) bond motifs is 1. The molecule has 3 nitrogen and oxygen atoms in total. The molecule has 1 aliphatic heterocycles. The molecule has 1 aromatic rings. The number of halogens is 1. The summed E-state index contributed by atoms with van der Waals surface area (Å²) < 4.78 is 6.02. The predicted molar refractivity (Wildman–Crippen MR) is 50.3 cm³/mol. The summed E-state index contributed by atoms with van der Waals surface area (Å²) in [4.78, 5) is 10.8. The lowest BCUT2D eigenvalue weighted by atomic mass is 10.1. The highest BCUT2D eigenvalue weighted by atomic mass is 79.9. The zero-order chi connectivity index (χ0) is 9.42. The van der Waals surface area contributed by atoms with Gasteiger partial charge in [0.25, 0.3) is 0 Å². The van der Waals surface area contributed by atoms with E-state index < -0.39 is 5.97 Å². The van der Waals surface area contributed by atoms with E-state index in [-0.39, 0.29) is 0 Å². The zero-order valence-electron chi connectivity index (χ0n) is 6.71. The minimum absolute atomic E-state index is 0.335. The fraction of sp³-hybridized carbons (Fsp3) is 0.222. The molecule has 0 spiro atoms.